The lowest BCUT2D eigenvalue weighted by atomic mass is 9.80. The van der Waals surface area contributed by atoms with E-state index in [9.17, 15) is 13.2 Å². The van der Waals surface area contributed by atoms with E-state index in [4.69, 9.17) is 0 Å². The molecule has 1 aliphatic heterocycles. The van der Waals surface area contributed by atoms with Gasteiger partial charge in [0.15, 0.2) is 0 Å². The molecule has 2 atom stereocenters. The summed E-state index contributed by atoms with van der Waals surface area (Å²) in [5, 5.41) is 3.09. The van der Waals surface area contributed by atoms with Gasteiger partial charge >= 0.3 is 0 Å². The van der Waals surface area contributed by atoms with Crippen LogP contribution >= 0.6 is 0 Å². The number of hydrogen-bond donors (Lipinski definition) is 1. The van der Waals surface area contributed by atoms with Gasteiger partial charge in [-0.05, 0) is 44.5 Å². The predicted octanol–water partition coefficient (Wildman–Crippen LogP) is 3.15. The standard InChI is InChI=1S/C13H16F3N/c1-13(16,9-3-2-6-17-8-9)11-7-10(14)4-5-12(11)15/h4-5,7,9,17H,2-3,6,8H2,1H3. The van der Waals surface area contributed by atoms with Crippen molar-refractivity contribution >= 4 is 0 Å². The maximum absolute atomic E-state index is 14.7. The first kappa shape index (κ1) is 12.4. The van der Waals surface area contributed by atoms with Crippen molar-refractivity contribution in [3.63, 3.8) is 0 Å². The molecule has 1 aromatic rings. The number of piperidine rings is 1. The SMILES string of the molecule is CC(F)(c1cc(F)ccc1F)C1CCCNC1. The van der Waals surface area contributed by atoms with Crippen LogP contribution < -0.4 is 5.32 Å². The van der Waals surface area contributed by atoms with E-state index in [1.54, 1.807) is 0 Å². The quantitative estimate of drug-likeness (QED) is 0.841. The highest BCUT2D eigenvalue weighted by molar-refractivity contribution is 5.26. The summed E-state index contributed by atoms with van der Waals surface area (Å²) in [7, 11) is 0. The highest BCUT2D eigenvalue weighted by Gasteiger charge is 2.38. The first-order chi connectivity index (χ1) is 8.01. The van der Waals surface area contributed by atoms with E-state index in [-0.39, 0.29) is 11.5 Å². The third-order valence-electron chi connectivity index (χ3n) is 3.52. The number of nitrogens with one attached hydrogen (secondary N) is 1. The lowest BCUT2D eigenvalue weighted by Gasteiger charge is -2.34. The Morgan fingerprint density at radius 1 is 1.35 bits per heavy atom. The smallest absolute Gasteiger partial charge is 0.140 e. The summed E-state index contributed by atoms with van der Waals surface area (Å²) in [6.07, 6.45) is 1.55. The lowest BCUT2D eigenvalue weighted by molar-refractivity contribution is 0.0768. The first-order valence-electron chi connectivity index (χ1n) is 5.87. The fraction of sp³-hybridized carbons (Fsp3) is 0.538. The molecule has 1 saturated heterocycles. The maximum atomic E-state index is 14.7. The van der Waals surface area contributed by atoms with Crippen LogP contribution in [0.15, 0.2) is 18.2 Å². The molecule has 0 aliphatic carbocycles. The largest absolute Gasteiger partial charge is 0.316 e. The van der Waals surface area contributed by atoms with Crippen molar-refractivity contribution in [2.75, 3.05) is 13.1 Å². The summed E-state index contributed by atoms with van der Waals surface area (Å²) in [4.78, 5) is 0. The van der Waals surface area contributed by atoms with E-state index in [0.717, 1.165) is 31.2 Å². The van der Waals surface area contributed by atoms with E-state index in [2.05, 4.69) is 5.32 Å². The molecule has 0 bridgehead atoms. The van der Waals surface area contributed by atoms with Gasteiger partial charge in [-0.2, -0.15) is 0 Å². The van der Waals surface area contributed by atoms with Crippen molar-refractivity contribution < 1.29 is 13.2 Å². The molecule has 1 N–H and O–H groups in total. The average molecular weight is 243 g/mol. The van der Waals surface area contributed by atoms with Crippen LogP contribution in [0.25, 0.3) is 0 Å². The number of alkyl halides is 1. The van der Waals surface area contributed by atoms with Gasteiger partial charge in [-0.15, -0.1) is 0 Å². The Morgan fingerprint density at radius 2 is 2.12 bits per heavy atom. The van der Waals surface area contributed by atoms with Crippen LogP contribution in [0.3, 0.4) is 0 Å². The molecule has 0 saturated carbocycles. The second kappa shape index (κ2) is 4.69. The number of halogens is 3. The molecule has 1 aromatic carbocycles. The highest BCUT2D eigenvalue weighted by Crippen LogP contribution is 2.38. The van der Waals surface area contributed by atoms with Gasteiger partial charge in [-0.3, -0.25) is 0 Å². The molecule has 0 aromatic heterocycles. The van der Waals surface area contributed by atoms with Gasteiger partial charge in [0, 0.05) is 18.0 Å². The molecule has 4 heteroatoms. The van der Waals surface area contributed by atoms with Crippen LogP contribution in [0.2, 0.25) is 0 Å². The van der Waals surface area contributed by atoms with Crippen LogP contribution in [-0.4, -0.2) is 13.1 Å². The van der Waals surface area contributed by atoms with Crippen molar-refractivity contribution in [1.82, 2.24) is 5.32 Å². The van der Waals surface area contributed by atoms with E-state index < -0.39 is 17.3 Å². The average Bonchev–Trinajstić information content (AvgIpc) is 2.33. The van der Waals surface area contributed by atoms with Gasteiger partial charge < -0.3 is 5.32 Å². The lowest BCUT2D eigenvalue weighted by Crippen LogP contribution is -2.40. The van der Waals surface area contributed by atoms with Crippen LogP contribution in [0.4, 0.5) is 13.2 Å². The third-order valence-corrected chi connectivity index (χ3v) is 3.52. The predicted molar refractivity (Wildman–Crippen MR) is 60.4 cm³/mol. The Balaban J connectivity index is 2.32. The molecule has 94 valence electrons. The Bertz CT molecular complexity index is 398. The Labute approximate surface area is 99.0 Å². The summed E-state index contributed by atoms with van der Waals surface area (Å²) in [5.41, 5.74) is -2.01. The van der Waals surface area contributed by atoms with Crippen LogP contribution in [0, 0.1) is 17.6 Å². The second-order valence-electron chi connectivity index (χ2n) is 4.74. The van der Waals surface area contributed by atoms with Gasteiger partial charge in [0.05, 0.1) is 0 Å². The van der Waals surface area contributed by atoms with Crippen LogP contribution in [0.1, 0.15) is 25.3 Å². The molecule has 1 nitrogen and oxygen atoms in total. The molecule has 1 aliphatic rings. The fourth-order valence-corrected chi connectivity index (χ4v) is 2.41. The molecule has 0 amide bonds. The first-order valence-corrected chi connectivity index (χ1v) is 5.87. The van der Waals surface area contributed by atoms with E-state index >= 15 is 0 Å². The third kappa shape index (κ3) is 2.46. The molecule has 2 rings (SSSR count). The van der Waals surface area contributed by atoms with Crippen molar-refractivity contribution in [3.8, 4) is 0 Å². The minimum absolute atomic E-state index is 0.175. The van der Waals surface area contributed by atoms with Crippen molar-refractivity contribution in [2.24, 2.45) is 5.92 Å². The maximum Gasteiger partial charge on any atom is 0.140 e. The molecule has 2 unspecified atom stereocenters. The Morgan fingerprint density at radius 3 is 2.76 bits per heavy atom. The minimum atomic E-state index is -1.83. The van der Waals surface area contributed by atoms with Gasteiger partial charge in [-0.25, -0.2) is 13.2 Å². The van der Waals surface area contributed by atoms with Gasteiger partial charge in [0.1, 0.15) is 17.3 Å². The number of rotatable bonds is 2. The van der Waals surface area contributed by atoms with Crippen molar-refractivity contribution in [2.45, 2.75) is 25.4 Å². The van der Waals surface area contributed by atoms with Crippen LogP contribution in [0.5, 0.6) is 0 Å². The molecular formula is C13H16F3N. The molecule has 0 spiro atoms. The topological polar surface area (TPSA) is 12.0 Å². The summed E-state index contributed by atoms with van der Waals surface area (Å²) in [6.45, 7) is 2.70. The van der Waals surface area contributed by atoms with Gasteiger partial charge in [0.2, 0.25) is 0 Å². The van der Waals surface area contributed by atoms with E-state index in [1.807, 2.05) is 0 Å². The fourth-order valence-electron chi connectivity index (χ4n) is 2.41. The van der Waals surface area contributed by atoms with Crippen molar-refractivity contribution in [3.05, 3.63) is 35.4 Å². The van der Waals surface area contributed by atoms with E-state index in [0.29, 0.717) is 13.0 Å². The molecule has 1 fully saturated rings. The summed E-state index contributed by atoms with van der Waals surface area (Å²) in [6, 6.07) is 2.96. The normalized spacial score (nSPS) is 24.4. The molecule has 17 heavy (non-hydrogen) atoms. The minimum Gasteiger partial charge on any atom is -0.316 e. The molecular weight excluding hydrogens is 227 g/mol. The zero-order valence-corrected chi connectivity index (χ0v) is 9.77. The zero-order valence-electron chi connectivity index (χ0n) is 9.77. The molecule has 1 heterocycles. The Kier molecular flexibility index (Phi) is 3.43. The summed E-state index contributed by atoms with van der Waals surface area (Å²) < 4.78 is 41.4. The number of hydrogen-bond acceptors (Lipinski definition) is 1. The van der Waals surface area contributed by atoms with E-state index in [1.165, 1.54) is 6.92 Å². The summed E-state index contributed by atoms with van der Waals surface area (Å²) >= 11 is 0. The second-order valence-corrected chi connectivity index (χ2v) is 4.74. The monoisotopic (exact) mass is 243 g/mol. The molecule has 0 radical (unpaired) electrons. The van der Waals surface area contributed by atoms with Crippen LogP contribution in [-0.2, 0) is 5.67 Å². The Hall–Kier alpha value is -1.03. The van der Waals surface area contributed by atoms with Gasteiger partial charge in [0.25, 0.3) is 0 Å². The highest BCUT2D eigenvalue weighted by atomic mass is 19.2. The van der Waals surface area contributed by atoms with Crippen molar-refractivity contribution in [1.29, 1.82) is 0 Å². The summed E-state index contributed by atoms with van der Waals surface area (Å²) in [5.74, 6) is -1.59. The number of benzene rings is 1. The van der Waals surface area contributed by atoms with Gasteiger partial charge in [-0.1, -0.05) is 0 Å². The zero-order chi connectivity index (χ0) is 12.5.